The highest BCUT2D eigenvalue weighted by atomic mass is 15.1. The van der Waals surface area contributed by atoms with E-state index >= 15 is 0 Å². The first-order chi connectivity index (χ1) is 9.31. The summed E-state index contributed by atoms with van der Waals surface area (Å²) in [5.74, 6) is 1.65. The van der Waals surface area contributed by atoms with Crippen LogP contribution in [0.4, 0.5) is 0 Å². The Bertz CT molecular complexity index is 653. The van der Waals surface area contributed by atoms with Crippen LogP contribution >= 0.6 is 0 Å². The zero-order valence-corrected chi connectivity index (χ0v) is 13.1. The summed E-state index contributed by atoms with van der Waals surface area (Å²) in [5, 5.41) is 9.17. The van der Waals surface area contributed by atoms with E-state index in [-0.39, 0.29) is 0 Å². The highest BCUT2D eigenvalue weighted by Crippen LogP contribution is 2.27. The third kappa shape index (κ3) is 3.01. The van der Waals surface area contributed by atoms with Crippen LogP contribution in [0, 0.1) is 22.7 Å². The van der Waals surface area contributed by atoms with E-state index in [4.69, 9.17) is 4.98 Å². The topological polar surface area (TPSA) is 41.6 Å². The standard InChI is InChI=1S/C17H23N3/c1-12(10-17(2,3)4)9-15-19-16-13(11-18)7-6-8-14(16)20(15)5/h6-8,12H,9-10H2,1-5H3. The number of fused-ring (bicyclic) bond motifs is 1. The second kappa shape index (κ2) is 5.28. The number of nitrogens with zero attached hydrogens (tertiary/aromatic N) is 3. The molecule has 0 amide bonds. The van der Waals surface area contributed by atoms with Crippen molar-refractivity contribution < 1.29 is 0 Å². The number of imidazole rings is 1. The Labute approximate surface area is 121 Å². The number of benzene rings is 1. The number of nitriles is 1. The summed E-state index contributed by atoms with van der Waals surface area (Å²) in [4.78, 5) is 4.69. The monoisotopic (exact) mass is 269 g/mol. The first-order valence-corrected chi connectivity index (χ1v) is 7.16. The van der Waals surface area contributed by atoms with Crippen molar-refractivity contribution in [1.29, 1.82) is 5.26 Å². The third-order valence-corrected chi connectivity index (χ3v) is 3.62. The van der Waals surface area contributed by atoms with Crippen molar-refractivity contribution in [1.82, 2.24) is 9.55 Å². The average molecular weight is 269 g/mol. The Morgan fingerprint density at radius 1 is 1.35 bits per heavy atom. The van der Waals surface area contributed by atoms with Gasteiger partial charge in [-0.25, -0.2) is 4.98 Å². The Balaban J connectivity index is 2.32. The first kappa shape index (κ1) is 14.6. The van der Waals surface area contributed by atoms with Gasteiger partial charge in [-0.05, 0) is 29.9 Å². The molecule has 0 spiro atoms. The predicted octanol–water partition coefficient (Wildman–Crippen LogP) is 4.06. The molecule has 0 saturated heterocycles. The van der Waals surface area contributed by atoms with Gasteiger partial charge in [-0.2, -0.15) is 5.26 Å². The molecule has 20 heavy (non-hydrogen) atoms. The van der Waals surface area contributed by atoms with Gasteiger partial charge >= 0.3 is 0 Å². The van der Waals surface area contributed by atoms with E-state index in [1.807, 2.05) is 25.2 Å². The van der Waals surface area contributed by atoms with Crippen LogP contribution in [0.2, 0.25) is 0 Å². The molecule has 1 atom stereocenters. The van der Waals surface area contributed by atoms with E-state index in [0.717, 1.165) is 23.3 Å². The van der Waals surface area contributed by atoms with E-state index < -0.39 is 0 Å². The van der Waals surface area contributed by atoms with Gasteiger partial charge in [-0.1, -0.05) is 33.8 Å². The fourth-order valence-electron chi connectivity index (χ4n) is 2.96. The Morgan fingerprint density at radius 2 is 2.05 bits per heavy atom. The van der Waals surface area contributed by atoms with Crippen molar-refractivity contribution in [3.8, 4) is 6.07 Å². The van der Waals surface area contributed by atoms with Gasteiger partial charge in [0.05, 0.1) is 11.1 Å². The molecule has 1 heterocycles. The Hall–Kier alpha value is -1.82. The molecule has 0 aliphatic carbocycles. The fraction of sp³-hybridized carbons (Fsp3) is 0.529. The quantitative estimate of drug-likeness (QED) is 0.843. The molecule has 1 aromatic carbocycles. The minimum absolute atomic E-state index is 0.335. The fourth-order valence-corrected chi connectivity index (χ4v) is 2.96. The van der Waals surface area contributed by atoms with Crippen LogP contribution in [0.25, 0.3) is 11.0 Å². The smallest absolute Gasteiger partial charge is 0.109 e. The number of hydrogen-bond acceptors (Lipinski definition) is 2. The van der Waals surface area contributed by atoms with Gasteiger partial charge in [0.1, 0.15) is 17.4 Å². The SMILES string of the molecule is CC(Cc1nc2c(C#N)cccc2n1C)CC(C)(C)C. The van der Waals surface area contributed by atoms with E-state index in [9.17, 15) is 5.26 Å². The summed E-state index contributed by atoms with van der Waals surface area (Å²) in [5.41, 5.74) is 2.87. The van der Waals surface area contributed by atoms with Crippen LogP contribution in [0.15, 0.2) is 18.2 Å². The molecule has 0 bridgehead atoms. The summed E-state index contributed by atoms with van der Waals surface area (Å²) in [6, 6.07) is 8.01. The molecule has 0 N–H and O–H groups in total. The molecule has 3 nitrogen and oxygen atoms in total. The summed E-state index contributed by atoms with van der Waals surface area (Å²) in [6.07, 6.45) is 2.12. The minimum Gasteiger partial charge on any atom is -0.331 e. The van der Waals surface area contributed by atoms with Crippen molar-refractivity contribution in [3.05, 3.63) is 29.6 Å². The summed E-state index contributed by atoms with van der Waals surface area (Å²) in [6.45, 7) is 9.08. The number of aryl methyl sites for hydroxylation is 1. The zero-order valence-electron chi connectivity index (χ0n) is 13.1. The van der Waals surface area contributed by atoms with Crippen LogP contribution in [0.1, 0.15) is 45.5 Å². The highest BCUT2D eigenvalue weighted by molar-refractivity contribution is 5.82. The Morgan fingerprint density at radius 3 is 2.65 bits per heavy atom. The Kier molecular flexibility index (Phi) is 3.85. The predicted molar refractivity (Wildman–Crippen MR) is 82.4 cm³/mol. The van der Waals surface area contributed by atoms with Crippen molar-refractivity contribution >= 4 is 11.0 Å². The number of hydrogen-bond donors (Lipinski definition) is 0. The molecule has 1 aromatic heterocycles. The zero-order chi connectivity index (χ0) is 14.9. The lowest BCUT2D eigenvalue weighted by atomic mass is 9.84. The van der Waals surface area contributed by atoms with Crippen molar-refractivity contribution in [2.45, 2.75) is 40.5 Å². The second-order valence-electron chi connectivity index (χ2n) is 6.95. The molecule has 106 valence electrons. The van der Waals surface area contributed by atoms with Crippen molar-refractivity contribution in [2.75, 3.05) is 0 Å². The molecule has 0 radical (unpaired) electrons. The van der Waals surface area contributed by atoms with Gasteiger partial charge in [-0.15, -0.1) is 0 Å². The molecule has 0 saturated carbocycles. The molecular weight excluding hydrogens is 246 g/mol. The molecule has 0 aliphatic heterocycles. The summed E-state index contributed by atoms with van der Waals surface area (Å²) in [7, 11) is 2.04. The van der Waals surface area contributed by atoms with Crippen LogP contribution in [-0.2, 0) is 13.5 Å². The normalized spacial score (nSPS) is 13.4. The molecule has 0 aliphatic rings. The number of para-hydroxylation sites is 1. The third-order valence-electron chi connectivity index (χ3n) is 3.62. The van der Waals surface area contributed by atoms with E-state index in [0.29, 0.717) is 16.9 Å². The van der Waals surface area contributed by atoms with E-state index in [1.54, 1.807) is 0 Å². The average Bonchev–Trinajstić information content (AvgIpc) is 2.64. The first-order valence-electron chi connectivity index (χ1n) is 7.16. The number of aromatic nitrogens is 2. The van der Waals surface area contributed by atoms with E-state index in [1.165, 1.54) is 6.42 Å². The maximum Gasteiger partial charge on any atom is 0.109 e. The van der Waals surface area contributed by atoms with Gasteiger partial charge in [0, 0.05) is 13.5 Å². The van der Waals surface area contributed by atoms with Gasteiger partial charge in [0.2, 0.25) is 0 Å². The molecule has 0 fully saturated rings. The van der Waals surface area contributed by atoms with Crippen LogP contribution in [0.3, 0.4) is 0 Å². The summed E-state index contributed by atoms with van der Waals surface area (Å²) >= 11 is 0. The molecule has 3 heteroatoms. The van der Waals surface area contributed by atoms with Gasteiger partial charge < -0.3 is 4.57 Å². The van der Waals surface area contributed by atoms with Crippen LogP contribution in [0.5, 0.6) is 0 Å². The number of rotatable bonds is 3. The lowest BCUT2D eigenvalue weighted by Crippen LogP contribution is -2.14. The van der Waals surface area contributed by atoms with Crippen molar-refractivity contribution in [3.63, 3.8) is 0 Å². The van der Waals surface area contributed by atoms with Gasteiger partial charge in [-0.3, -0.25) is 0 Å². The maximum atomic E-state index is 9.17. The van der Waals surface area contributed by atoms with Gasteiger partial charge in [0.25, 0.3) is 0 Å². The van der Waals surface area contributed by atoms with Gasteiger partial charge in [0.15, 0.2) is 0 Å². The van der Waals surface area contributed by atoms with Crippen LogP contribution < -0.4 is 0 Å². The van der Waals surface area contributed by atoms with E-state index in [2.05, 4.69) is 38.3 Å². The molecule has 2 rings (SSSR count). The molecule has 2 aromatic rings. The molecule has 1 unspecified atom stereocenters. The van der Waals surface area contributed by atoms with Crippen LogP contribution in [-0.4, -0.2) is 9.55 Å². The maximum absolute atomic E-state index is 9.17. The largest absolute Gasteiger partial charge is 0.331 e. The second-order valence-corrected chi connectivity index (χ2v) is 6.95. The molecular formula is C17H23N3. The minimum atomic E-state index is 0.335. The van der Waals surface area contributed by atoms with Crippen molar-refractivity contribution in [2.24, 2.45) is 18.4 Å². The summed E-state index contributed by atoms with van der Waals surface area (Å²) < 4.78 is 2.12. The lowest BCUT2D eigenvalue weighted by molar-refractivity contribution is 0.303. The highest BCUT2D eigenvalue weighted by Gasteiger charge is 2.18. The lowest BCUT2D eigenvalue weighted by Gasteiger charge is -2.22.